The Kier molecular flexibility index (Phi) is 4.40. The molecule has 2 rings (SSSR count). The van der Waals surface area contributed by atoms with Crippen molar-refractivity contribution in [2.45, 2.75) is 13.5 Å². The fraction of sp³-hybridized carbons (Fsp3) is 0.143. The van der Waals surface area contributed by atoms with Gasteiger partial charge in [0.25, 0.3) is 0 Å². The maximum atomic E-state index is 13.2. The molecule has 1 N–H and O–H groups in total. The maximum absolute atomic E-state index is 13.2. The first-order valence-corrected chi connectivity index (χ1v) is 7.09. The normalized spacial score (nSPS) is 10.4. The van der Waals surface area contributed by atoms with E-state index in [2.05, 4.69) is 37.2 Å². The maximum Gasteiger partial charge on any atom is 0.123 e. The van der Waals surface area contributed by atoms with E-state index in [1.165, 1.54) is 12.1 Å². The quantitative estimate of drug-likeness (QED) is 0.773. The number of halogens is 3. The van der Waals surface area contributed by atoms with Crippen molar-refractivity contribution in [1.29, 1.82) is 0 Å². The molecule has 18 heavy (non-hydrogen) atoms. The molecule has 0 bridgehead atoms. The van der Waals surface area contributed by atoms with E-state index in [1.807, 2.05) is 25.1 Å². The number of hydrogen-bond acceptors (Lipinski definition) is 1. The van der Waals surface area contributed by atoms with Gasteiger partial charge in [-0.2, -0.15) is 0 Å². The Morgan fingerprint density at radius 3 is 2.67 bits per heavy atom. The molecule has 0 heterocycles. The van der Waals surface area contributed by atoms with Crippen LogP contribution in [0, 0.1) is 12.7 Å². The van der Waals surface area contributed by atoms with Crippen LogP contribution in [-0.4, -0.2) is 0 Å². The molecule has 0 spiro atoms. The number of rotatable bonds is 3. The van der Waals surface area contributed by atoms with E-state index in [9.17, 15) is 4.39 Å². The van der Waals surface area contributed by atoms with E-state index < -0.39 is 0 Å². The van der Waals surface area contributed by atoms with Gasteiger partial charge in [0, 0.05) is 21.2 Å². The summed E-state index contributed by atoms with van der Waals surface area (Å²) in [7, 11) is 0. The van der Waals surface area contributed by atoms with E-state index in [4.69, 9.17) is 0 Å². The third-order valence-corrected chi connectivity index (χ3v) is 4.38. The van der Waals surface area contributed by atoms with Gasteiger partial charge in [-0.25, -0.2) is 4.39 Å². The van der Waals surface area contributed by atoms with Crippen molar-refractivity contribution < 1.29 is 4.39 Å². The predicted octanol–water partition coefficient (Wildman–Crippen LogP) is 5.27. The molecular weight excluding hydrogens is 361 g/mol. The summed E-state index contributed by atoms with van der Waals surface area (Å²) < 4.78 is 15.1. The molecule has 0 aliphatic carbocycles. The molecule has 0 saturated heterocycles. The summed E-state index contributed by atoms with van der Waals surface area (Å²) in [6, 6.07) is 10.7. The Morgan fingerprint density at radius 2 is 1.89 bits per heavy atom. The van der Waals surface area contributed by atoms with Crippen molar-refractivity contribution in [3.8, 4) is 0 Å². The summed E-state index contributed by atoms with van der Waals surface area (Å²) in [5, 5.41) is 3.31. The van der Waals surface area contributed by atoms with Gasteiger partial charge >= 0.3 is 0 Å². The molecule has 0 aliphatic rings. The second-order valence-electron chi connectivity index (χ2n) is 4.00. The van der Waals surface area contributed by atoms with Crippen LogP contribution >= 0.6 is 31.9 Å². The fourth-order valence-electron chi connectivity index (χ4n) is 1.67. The van der Waals surface area contributed by atoms with Gasteiger partial charge in [0.05, 0.1) is 0 Å². The number of benzene rings is 2. The molecule has 2 aromatic carbocycles. The molecule has 1 nitrogen and oxygen atoms in total. The van der Waals surface area contributed by atoms with Crippen molar-refractivity contribution in [3.05, 3.63) is 62.3 Å². The van der Waals surface area contributed by atoms with Crippen LogP contribution in [0.1, 0.15) is 11.1 Å². The first-order valence-electron chi connectivity index (χ1n) is 5.51. The van der Waals surface area contributed by atoms with Crippen molar-refractivity contribution in [2.75, 3.05) is 5.32 Å². The highest BCUT2D eigenvalue weighted by Crippen LogP contribution is 2.25. The Morgan fingerprint density at radius 1 is 1.11 bits per heavy atom. The highest BCUT2D eigenvalue weighted by Gasteiger charge is 2.04. The van der Waals surface area contributed by atoms with Gasteiger partial charge in [-0.15, -0.1) is 0 Å². The Labute approximate surface area is 123 Å². The van der Waals surface area contributed by atoms with E-state index in [0.29, 0.717) is 6.54 Å². The van der Waals surface area contributed by atoms with Gasteiger partial charge in [0.15, 0.2) is 0 Å². The number of nitrogens with one attached hydrogen (secondary N) is 1. The Bertz CT molecular complexity index is 568. The molecule has 2 aromatic rings. The van der Waals surface area contributed by atoms with Crippen LogP contribution in [0.15, 0.2) is 45.3 Å². The average Bonchev–Trinajstić information content (AvgIpc) is 2.35. The lowest BCUT2D eigenvalue weighted by Crippen LogP contribution is -2.02. The topological polar surface area (TPSA) is 12.0 Å². The van der Waals surface area contributed by atoms with E-state index in [1.54, 1.807) is 6.07 Å². The summed E-state index contributed by atoms with van der Waals surface area (Å²) in [4.78, 5) is 0. The monoisotopic (exact) mass is 371 g/mol. The minimum Gasteiger partial charge on any atom is -0.381 e. The number of hydrogen-bond donors (Lipinski definition) is 1. The smallest absolute Gasteiger partial charge is 0.123 e. The molecule has 94 valence electrons. The summed E-state index contributed by atoms with van der Waals surface area (Å²) in [6.07, 6.45) is 0. The second kappa shape index (κ2) is 5.85. The molecule has 0 saturated carbocycles. The summed E-state index contributed by atoms with van der Waals surface area (Å²) in [5.74, 6) is -0.221. The molecule has 0 aromatic heterocycles. The van der Waals surface area contributed by atoms with Crippen molar-refractivity contribution in [3.63, 3.8) is 0 Å². The summed E-state index contributed by atoms with van der Waals surface area (Å²) in [6.45, 7) is 2.61. The van der Waals surface area contributed by atoms with Gasteiger partial charge in [0.2, 0.25) is 0 Å². The molecule has 0 fully saturated rings. The van der Waals surface area contributed by atoms with Crippen LogP contribution in [0.2, 0.25) is 0 Å². The molecule has 0 radical (unpaired) electrons. The molecule has 0 amide bonds. The molecule has 0 aliphatic heterocycles. The molecule has 0 unspecified atom stereocenters. The minimum absolute atomic E-state index is 0.221. The molecule has 4 heteroatoms. The lowest BCUT2D eigenvalue weighted by molar-refractivity contribution is 0.625. The fourth-order valence-corrected chi connectivity index (χ4v) is 2.42. The average molecular weight is 373 g/mol. The standard InChI is InChI=1S/C14H12Br2FN/c1-9-12(15)3-2-4-14(9)18-8-10-7-11(17)5-6-13(10)16/h2-7,18H,8H2,1H3. The largest absolute Gasteiger partial charge is 0.381 e. The predicted molar refractivity (Wildman–Crippen MR) is 80.3 cm³/mol. The molecule has 0 atom stereocenters. The Hall–Kier alpha value is -0.870. The first kappa shape index (κ1) is 13.6. The van der Waals surface area contributed by atoms with Crippen LogP contribution in [0.4, 0.5) is 10.1 Å². The van der Waals surface area contributed by atoms with Gasteiger partial charge in [-0.3, -0.25) is 0 Å². The van der Waals surface area contributed by atoms with Crippen LogP contribution in [-0.2, 0) is 6.54 Å². The minimum atomic E-state index is -0.221. The van der Waals surface area contributed by atoms with E-state index in [-0.39, 0.29) is 5.82 Å². The summed E-state index contributed by atoms with van der Waals surface area (Å²) in [5.41, 5.74) is 3.08. The van der Waals surface area contributed by atoms with Crippen molar-refractivity contribution >= 4 is 37.5 Å². The number of anilines is 1. The highest BCUT2D eigenvalue weighted by molar-refractivity contribution is 9.10. The van der Waals surface area contributed by atoms with Crippen LogP contribution in [0.5, 0.6) is 0 Å². The van der Waals surface area contributed by atoms with Crippen LogP contribution < -0.4 is 5.32 Å². The van der Waals surface area contributed by atoms with Gasteiger partial charge < -0.3 is 5.32 Å². The lowest BCUT2D eigenvalue weighted by Gasteiger charge is -2.12. The van der Waals surface area contributed by atoms with Gasteiger partial charge in [-0.1, -0.05) is 37.9 Å². The zero-order valence-corrected chi connectivity index (χ0v) is 13.0. The zero-order valence-electron chi connectivity index (χ0n) is 9.81. The van der Waals surface area contributed by atoms with Gasteiger partial charge in [-0.05, 0) is 48.4 Å². The SMILES string of the molecule is Cc1c(Br)cccc1NCc1cc(F)ccc1Br. The Balaban J connectivity index is 2.16. The summed E-state index contributed by atoms with van der Waals surface area (Å²) >= 11 is 6.91. The zero-order chi connectivity index (χ0) is 13.1. The van der Waals surface area contributed by atoms with E-state index in [0.717, 1.165) is 25.8 Å². The van der Waals surface area contributed by atoms with Crippen LogP contribution in [0.3, 0.4) is 0 Å². The second-order valence-corrected chi connectivity index (χ2v) is 5.71. The van der Waals surface area contributed by atoms with Crippen molar-refractivity contribution in [2.24, 2.45) is 0 Å². The van der Waals surface area contributed by atoms with Gasteiger partial charge in [0.1, 0.15) is 5.82 Å². The first-order chi connectivity index (χ1) is 8.58. The third-order valence-electron chi connectivity index (χ3n) is 2.74. The van der Waals surface area contributed by atoms with Crippen LogP contribution in [0.25, 0.3) is 0 Å². The lowest BCUT2D eigenvalue weighted by atomic mass is 10.1. The molecular formula is C14H12Br2FN. The third kappa shape index (κ3) is 3.12. The van der Waals surface area contributed by atoms with Crippen molar-refractivity contribution in [1.82, 2.24) is 0 Å². The highest BCUT2D eigenvalue weighted by atomic mass is 79.9. The van der Waals surface area contributed by atoms with E-state index >= 15 is 0 Å².